The van der Waals surface area contributed by atoms with Gasteiger partial charge in [-0.2, -0.15) is 0 Å². The number of imidazole rings is 1. The molecule has 4 aromatic rings. The van der Waals surface area contributed by atoms with Gasteiger partial charge in [0, 0.05) is 19.4 Å². The Bertz CT molecular complexity index is 1490. The van der Waals surface area contributed by atoms with Crippen LogP contribution < -0.4 is 15.2 Å². The number of carbonyl (C=O) groups excluding carboxylic acids is 1. The summed E-state index contributed by atoms with van der Waals surface area (Å²) in [7, 11) is 1.42. The minimum atomic E-state index is -3.17. The molecule has 1 atom stereocenters. The van der Waals surface area contributed by atoms with Crippen molar-refractivity contribution in [3.63, 3.8) is 0 Å². The Morgan fingerprint density at radius 1 is 1.30 bits per heavy atom. The van der Waals surface area contributed by atoms with Crippen LogP contribution >= 0.6 is 11.6 Å². The van der Waals surface area contributed by atoms with Crippen molar-refractivity contribution in [3.8, 4) is 11.3 Å². The molecule has 0 aliphatic rings. The number of nitrogens with zero attached hydrogens (tertiary/aromatic N) is 4. The Kier molecular flexibility index (Phi) is 5.93. The van der Waals surface area contributed by atoms with Gasteiger partial charge in [-0.15, -0.1) is 0 Å². The molecule has 4 rings (SSSR count). The molecule has 0 saturated heterocycles. The van der Waals surface area contributed by atoms with Gasteiger partial charge in [-0.05, 0) is 18.2 Å². The van der Waals surface area contributed by atoms with Crippen LogP contribution in [-0.2, 0) is 11.3 Å². The van der Waals surface area contributed by atoms with Crippen molar-refractivity contribution in [1.82, 2.24) is 24.7 Å². The second-order valence-electron chi connectivity index (χ2n) is 6.54. The number of fused-ring (bicyclic) bond motifs is 1. The molecule has 0 bridgehead atoms. The van der Waals surface area contributed by atoms with Crippen LogP contribution in [0.2, 0.25) is 5.02 Å². The molecule has 1 aromatic carbocycles. The first kappa shape index (κ1) is 22.5. The zero-order chi connectivity index (χ0) is 23.9. The van der Waals surface area contributed by atoms with Crippen LogP contribution in [0.5, 0.6) is 0 Å². The lowest BCUT2D eigenvalue weighted by Gasteiger charge is -2.26. The minimum absolute atomic E-state index is 0.0121. The molecule has 0 aliphatic carbocycles. The van der Waals surface area contributed by atoms with Crippen LogP contribution in [0.1, 0.15) is 10.5 Å². The molecule has 33 heavy (non-hydrogen) atoms. The van der Waals surface area contributed by atoms with Gasteiger partial charge in [0.25, 0.3) is 11.5 Å². The third kappa shape index (κ3) is 3.97. The smallest absolute Gasteiger partial charge is 0.272 e. The van der Waals surface area contributed by atoms with Crippen LogP contribution in [-0.4, -0.2) is 41.1 Å². The number of hydrogen-bond donors (Lipinski definition) is 2. The monoisotopic (exact) mass is 493 g/mol. The van der Waals surface area contributed by atoms with Gasteiger partial charge < -0.3 is 19.3 Å². The second kappa shape index (κ2) is 8.69. The molecule has 0 aliphatic heterocycles. The standard InChI is InChI=1S/C19H13ClF2N6O4S/c1-23-19(30)17-14-6-24-11(7-27(14)8-26-17)15-10(21)2-3-12(16(15)22)28(33(31)32)13-4-9(20)5-25-18(13)29/h2-8H,1H3,(H,23,30)(H,25,29)(H,31,32)/p-1. The number of nitrogens with one attached hydrogen (secondary N) is 2. The van der Waals surface area contributed by atoms with Gasteiger partial charge in [0.2, 0.25) is 0 Å². The van der Waals surface area contributed by atoms with Gasteiger partial charge in [-0.1, -0.05) is 11.6 Å². The first-order valence-corrected chi connectivity index (χ1v) is 10.4. The van der Waals surface area contributed by atoms with Gasteiger partial charge in [0.15, 0.2) is 11.5 Å². The molecule has 1 unspecified atom stereocenters. The van der Waals surface area contributed by atoms with E-state index in [1.165, 1.54) is 30.2 Å². The second-order valence-corrected chi connectivity index (χ2v) is 7.77. The SMILES string of the molecule is CNC(=O)c1ncn2cc(-c3c(F)ccc(N(c4cc(Cl)c[nH]c4=O)S(=O)[O-])c3F)ncc12. The predicted molar refractivity (Wildman–Crippen MR) is 115 cm³/mol. The quantitative estimate of drug-likeness (QED) is 0.409. The van der Waals surface area contributed by atoms with Crippen molar-refractivity contribution in [2.75, 3.05) is 11.4 Å². The van der Waals surface area contributed by atoms with Gasteiger partial charge >= 0.3 is 0 Å². The van der Waals surface area contributed by atoms with E-state index in [4.69, 9.17) is 11.6 Å². The van der Waals surface area contributed by atoms with Crippen LogP contribution in [0.3, 0.4) is 0 Å². The number of anilines is 2. The Morgan fingerprint density at radius 2 is 2.06 bits per heavy atom. The molecule has 10 nitrogen and oxygen atoms in total. The molecule has 0 spiro atoms. The number of rotatable bonds is 5. The number of hydrogen-bond acceptors (Lipinski definition) is 6. The molecule has 14 heteroatoms. The molecule has 3 aromatic heterocycles. The maximum absolute atomic E-state index is 15.5. The Morgan fingerprint density at radius 3 is 2.76 bits per heavy atom. The van der Waals surface area contributed by atoms with Gasteiger partial charge in [-0.25, -0.2) is 13.8 Å². The Balaban J connectivity index is 1.90. The highest BCUT2D eigenvalue weighted by molar-refractivity contribution is 7.81. The van der Waals surface area contributed by atoms with E-state index >= 15 is 4.39 Å². The van der Waals surface area contributed by atoms with E-state index < -0.39 is 51.3 Å². The van der Waals surface area contributed by atoms with E-state index in [9.17, 15) is 22.7 Å². The van der Waals surface area contributed by atoms with E-state index in [1.54, 1.807) is 0 Å². The zero-order valence-electron chi connectivity index (χ0n) is 16.5. The summed E-state index contributed by atoms with van der Waals surface area (Å²) >= 11 is 2.67. The summed E-state index contributed by atoms with van der Waals surface area (Å²) < 4.78 is 55.7. The molecule has 0 fully saturated rings. The van der Waals surface area contributed by atoms with E-state index in [-0.39, 0.29) is 21.9 Å². The fourth-order valence-electron chi connectivity index (χ4n) is 3.14. The summed E-state index contributed by atoms with van der Waals surface area (Å²) in [6, 6.07) is 2.72. The van der Waals surface area contributed by atoms with Crippen LogP contribution in [0.4, 0.5) is 20.2 Å². The van der Waals surface area contributed by atoms with Crippen molar-refractivity contribution < 1.29 is 22.3 Å². The lowest BCUT2D eigenvalue weighted by molar-refractivity contribution is 0.0960. The number of aromatic nitrogens is 4. The van der Waals surface area contributed by atoms with E-state index in [2.05, 4.69) is 20.3 Å². The third-order valence-corrected chi connectivity index (χ3v) is 5.53. The molecule has 0 radical (unpaired) electrons. The molecule has 2 N–H and O–H groups in total. The summed E-state index contributed by atoms with van der Waals surface area (Å²) in [4.78, 5) is 34.3. The Hall–Kier alpha value is -3.68. The maximum atomic E-state index is 15.5. The maximum Gasteiger partial charge on any atom is 0.272 e. The van der Waals surface area contributed by atoms with E-state index in [0.29, 0.717) is 4.31 Å². The molecular weight excluding hydrogens is 482 g/mol. The highest BCUT2D eigenvalue weighted by Crippen LogP contribution is 2.35. The topological polar surface area (TPSA) is 136 Å². The van der Waals surface area contributed by atoms with Crippen LogP contribution in [0.15, 0.2) is 47.9 Å². The number of H-pyrrole nitrogens is 1. The summed E-state index contributed by atoms with van der Waals surface area (Å²) in [6.45, 7) is 0. The van der Waals surface area contributed by atoms with E-state index in [0.717, 1.165) is 24.4 Å². The molecular formula is C19H12ClF2N6O4S-. The minimum Gasteiger partial charge on any atom is -0.755 e. The average Bonchev–Trinajstić information content (AvgIpc) is 3.20. The largest absolute Gasteiger partial charge is 0.755 e. The number of halogens is 3. The molecule has 1 amide bonds. The van der Waals surface area contributed by atoms with Crippen molar-refractivity contribution in [1.29, 1.82) is 0 Å². The molecule has 0 saturated carbocycles. The highest BCUT2D eigenvalue weighted by atomic mass is 35.5. The lowest BCUT2D eigenvalue weighted by atomic mass is 10.1. The zero-order valence-corrected chi connectivity index (χ0v) is 18.1. The predicted octanol–water partition coefficient (Wildman–Crippen LogP) is 2.31. The average molecular weight is 494 g/mol. The summed E-state index contributed by atoms with van der Waals surface area (Å²) in [5.74, 6) is -2.81. The number of aromatic amines is 1. The number of pyridine rings is 1. The number of benzene rings is 1. The van der Waals surface area contributed by atoms with Crippen molar-refractivity contribution in [2.45, 2.75) is 0 Å². The third-order valence-electron chi connectivity index (χ3n) is 4.62. The Labute approximate surface area is 191 Å². The van der Waals surface area contributed by atoms with Crippen molar-refractivity contribution >= 4 is 45.7 Å². The van der Waals surface area contributed by atoms with Gasteiger partial charge in [-0.3, -0.25) is 23.1 Å². The van der Waals surface area contributed by atoms with Crippen LogP contribution in [0.25, 0.3) is 16.8 Å². The fourth-order valence-corrected chi connectivity index (χ4v) is 3.90. The fraction of sp³-hybridized carbons (Fsp3) is 0.0526. The number of carbonyl (C=O) groups is 1. The van der Waals surface area contributed by atoms with Gasteiger partial charge in [0.1, 0.15) is 17.8 Å². The van der Waals surface area contributed by atoms with Crippen molar-refractivity contribution in [2.24, 2.45) is 0 Å². The molecule has 170 valence electrons. The first-order chi connectivity index (χ1) is 15.7. The summed E-state index contributed by atoms with van der Waals surface area (Å²) in [5, 5.41) is 2.40. The summed E-state index contributed by atoms with van der Waals surface area (Å²) in [5.41, 5.74) is -2.53. The van der Waals surface area contributed by atoms with E-state index in [1.807, 2.05) is 0 Å². The lowest BCUT2D eigenvalue weighted by Crippen LogP contribution is -2.27. The highest BCUT2D eigenvalue weighted by Gasteiger charge is 2.24. The summed E-state index contributed by atoms with van der Waals surface area (Å²) in [6.07, 6.45) is 4.81. The van der Waals surface area contributed by atoms with Crippen LogP contribution in [0, 0.1) is 11.6 Å². The number of amides is 1. The molecule has 3 heterocycles. The first-order valence-electron chi connectivity index (χ1n) is 9.03. The van der Waals surface area contributed by atoms with Crippen molar-refractivity contribution in [3.05, 3.63) is 75.8 Å². The van der Waals surface area contributed by atoms with Gasteiger partial charge in [0.05, 0.1) is 44.9 Å². The normalized spacial score (nSPS) is 12.0.